The molecule has 0 saturated carbocycles. The van der Waals surface area contributed by atoms with Gasteiger partial charge < -0.3 is 10.0 Å². The summed E-state index contributed by atoms with van der Waals surface area (Å²) in [6.45, 7) is 7.40. The fourth-order valence-electron chi connectivity index (χ4n) is 2.79. The van der Waals surface area contributed by atoms with Crippen LogP contribution in [0.1, 0.15) is 49.0 Å². The number of β-amino-alcohol motifs (C(OH)–C–C–N with tert-alkyl or cyclic N) is 1. The number of aliphatic hydroxyl groups excluding tert-OH is 1. The molecule has 20 heavy (non-hydrogen) atoms. The van der Waals surface area contributed by atoms with Gasteiger partial charge in [0.15, 0.2) is 0 Å². The van der Waals surface area contributed by atoms with Gasteiger partial charge in [-0.15, -0.1) is 0 Å². The zero-order valence-corrected chi connectivity index (χ0v) is 12.7. The number of aliphatic hydroxyl groups is 1. The Morgan fingerprint density at radius 1 is 1.35 bits per heavy atom. The zero-order valence-electron chi connectivity index (χ0n) is 12.7. The first-order valence-electron chi connectivity index (χ1n) is 7.50. The maximum Gasteiger partial charge on any atom is 0.222 e. The van der Waals surface area contributed by atoms with Crippen molar-refractivity contribution in [1.29, 1.82) is 0 Å². The van der Waals surface area contributed by atoms with Crippen LogP contribution in [0.25, 0.3) is 0 Å². The van der Waals surface area contributed by atoms with Crippen LogP contribution < -0.4 is 0 Å². The average Bonchev–Trinajstić information content (AvgIpc) is 2.57. The lowest BCUT2D eigenvalue weighted by Gasteiger charge is -2.25. The molecule has 3 heteroatoms. The first-order chi connectivity index (χ1) is 9.47. The Kier molecular flexibility index (Phi) is 4.81. The number of rotatable bonds is 3. The van der Waals surface area contributed by atoms with E-state index in [0.29, 0.717) is 18.9 Å². The van der Waals surface area contributed by atoms with E-state index in [1.807, 2.05) is 36.9 Å². The smallest absolute Gasteiger partial charge is 0.222 e. The van der Waals surface area contributed by atoms with Crippen molar-refractivity contribution in [2.75, 3.05) is 13.1 Å². The van der Waals surface area contributed by atoms with Gasteiger partial charge >= 0.3 is 0 Å². The van der Waals surface area contributed by atoms with Crippen molar-refractivity contribution in [2.24, 2.45) is 5.92 Å². The molecule has 1 amide bonds. The quantitative estimate of drug-likeness (QED) is 0.921. The summed E-state index contributed by atoms with van der Waals surface area (Å²) in [6.07, 6.45) is 2.02. The minimum Gasteiger partial charge on any atom is -0.387 e. The number of aryl methyl sites for hydroxylation is 2. The second-order valence-electron chi connectivity index (χ2n) is 6.15. The highest BCUT2D eigenvalue weighted by Crippen LogP contribution is 2.23. The maximum atomic E-state index is 12.1. The molecular formula is C17H25NO2. The van der Waals surface area contributed by atoms with Gasteiger partial charge in [-0.2, -0.15) is 0 Å². The zero-order chi connectivity index (χ0) is 14.7. The number of carbonyl (C=O) groups is 1. The van der Waals surface area contributed by atoms with E-state index in [1.54, 1.807) is 0 Å². The Bertz CT molecular complexity index is 484. The van der Waals surface area contributed by atoms with Gasteiger partial charge in [-0.05, 0) is 43.7 Å². The van der Waals surface area contributed by atoms with Crippen LogP contribution in [0, 0.1) is 19.8 Å². The molecule has 1 heterocycles. The van der Waals surface area contributed by atoms with Crippen LogP contribution in [-0.2, 0) is 4.79 Å². The normalized spacial score (nSPS) is 21.7. The van der Waals surface area contributed by atoms with Gasteiger partial charge in [0.25, 0.3) is 0 Å². The van der Waals surface area contributed by atoms with Gasteiger partial charge in [0.05, 0.1) is 12.6 Å². The van der Waals surface area contributed by atoms with Gasteiger partial charge in [0, 0.05) is 13.0 Å². The lowest BCUT2D eigenvalue weighted by Crippen LogP contribution is -2.34. The minimum absolute atomic E-state index is 0.179. The number of benzene rings is 1. The number of amides is 1. The van der Waals surface area contributed by atoms with Gasteiger partial charge in [0.2, 0.25) is 5.91 Å². The molecule has 1 N–H and O–H groups in total. The van der Waals surface area contributed by atoms with Crippen LogP contribution in [0.5, 0.6) is 0 Å². The van der Waals surface area contributed by atoms with Crippen LogP contribution in [0.15, 0.2) is 18.2 Å². The van der Waals surface area contributed by atoms with Crippen LogP contribution in [0.4, 0.5) is 0 Å². The van der Waals surface area contributed by atoms with Gasteiger partial charge in [-0.25, -0.2) is 0 Å². The summed E-state index contributed by atoms with van der Waals surface area (Å²) in [4.78, 5) is 13.9. The maximum absolute atomic E-state index is 12.1. The van der Waals surface area contributed by atoms with Crippen molar-refractivity contribution in [1.82, 2.24) is 4.90 Å². The van der Waals surface area contributed by atoms with Crippen molar-refractivity contribution in [3.05, 3.63) is 34.9 Å². The molecule has 1 aromatic carbocycles. The molecule has 0 radical (unpaired) electrons. The summed E-state index contributed by atoms with van der Waals surface area (Å²) in [6, 6.07) is 6.09. The Morgan fingerprint density at radius 3 is 2.85 bits per heavy atom. The monoisotopic (exact) mass is 275 g/mol. The van der Waals surface area contributed by atoms with E-state index >= 15 is 0 Å². The third-order valence-corrected chi connectivity index (χ3v) is 4.28. The van der Waals surface area contributed by atoms with Gasteiger partial charge in [-0.3, -0.25) is 4.79 Å². The van der Waals surface area contributed by atoms with Crippen LogP contribution in [0.3, 0.4) is 0 Å². The molecule has 0 spiro atoms. The van der Waals surface area contributed by atoms with Crippen molar-refractivity contribution < 1.29 is 9.90 Å². The fourth-order valence-corrected chi connectivity index (χ4v) is 2.79. The molecule has 1 saturated heterocycles. The predicted molar refractivity (Wildman–Crippen MR) is 80.5 cm³/mol. The second kappa shape index (κ2) is 6.40. The predicted octanol–water partition coefficient (Wildman–Crippen LogP) is 2.99. The van der Waals surface area contributed by atoms with Crippen molar-refractivity contribution in [3.63, 3.8) is 0 Å². The molecule has 2 atom stereocenters. The highest BCUT2D eigenvalue weighted by Gasteiger charge is 2.23. The Morgan fingerprint density at radius 2 is 2.10 bits per heavy atom. The van der Waals surface area contributed by atoms with Gasteiger partial charge in [-0.1, -0.05) is 30.7 Å². The van der Waals surface area contributed by atoms with Crippen molar-refractivity contribution in [2.45, 2.75) is 46.1 Å². The molecule has 110 valence electrons. The SMILES string of the molecule is Cc1ccc(C)c(C(O)CN2CCC(C)CCC2=O)c1. The van der Waals surface area contributed by atoms with Crippen LogP contribution in [0.2, 0.25) is 0 Å². The standard InChI is InChI=1S/C17H25NO2/c1-12-5-7-17(20)18(9-8-12)11-16(19)15-10-13(2)4-6-14(15)3/h4,6,10,12,16,19H,5,7-9,11H2,1-3H3. The molecule has 2 unspecified atom stereocenters. The summed E-state index contributed by atoms with van der Waals surface area (Å²) in [7, 11) is 0. The molecule has 2 rings (SSSR count). The molecule has 1 aliphatic rings. The molecule has 0 bridgehead atoms. The number of hydrogen-bond acceptors (Lipinski definition) is 2. The van der Waals surface area contributed by atoms with E-state index < -0.39 is 6.10 Å². The van der Waals surface area contributed by atoms with E-state index in [2.05, 4.69) is 6.92 Å². The van der Waals surface area contributed by atoms with E-state index in [0.717, 1.165) is 36.1 Å². The summed E-state index contributed by atoms with van der Waals surface area (Å²) in [5, 5.41) is 10.5. The molecule has 1 aromatic rings. The molecule has 0 aromatic heterocycles. The van der Waals surface area contributed by atoms with Crippen molar-refractivity contribution >= 4 is 5.91 Å². The highest BCUT2D eigenvalue weighted by molar-refractivity contribution is 5.76. The second-order valence-corrected chi connectivity index (χ2v) is 6.15. The minimum atomic E-state index is -0.591. The van der Waals surface area contributed by atoms with Crippen molar-refractivity contribution in [3.8, 4) is 0 Å². The van der Waals surface area contributed by atoms with E-state index in [1.165, 1.54) is 0 Å². The largest absolute Gasteiger partial charge is 0.387 e. The molecule has 3 nitrogen and oxygen atoms in total. The third-order valence-electron chi connectivity index (χ3n) is 4.28. The fraction of sp³-hybridized carbons (Fsp3) is 0.588. The lowest BCUT2D eigenvalue weighted by atomic mass is 10.0. The average molecular weight is 275 g/mol. The lowest BCUT2D eigenvalue weighted by molar-refractivity contribution is -0.132. The number of hydrogen-bond donors (Lipinski definition) is 1. The highest BCUT2D eigenvalue weighted by atomic mass is 16.3. The summed E-state index contributed by atoms with van der Waals surface area (Å²) < 4.78 is 0. The topological polar surface area (TPSA) is 40.5 Å². The van der Waals surface area contributed by atoms with Gasteiger partial charge in [0.1, 0.15) is 0 Å². The van der Waals surface area contributed by atoms with E-state index in [4.69, 9.17) is 0 Å². The molecular weight excluding hydrogens is 250 g/mol. The number of carbonyl (C=O) groups excluding carboxylic acids is 1. The Hall–Kier alpha value is -1.35. The van der Waals surface area contributed by atoms with Crippen LogP contribution >= 0.6 is 0 Å². The van der Waals surface area contributed by atoms with E-state index in [-0.39, 0.29) is 5.91 Å². The summed E-state index contributed by atoms with van der Waals surface area (Å²) >= 11 is 0. The number of nitrogens with zero attached hydrogens (tertiary/aromatic N) is 1. The molecule has 1 fully saturated rings. The first kappa shape index (κ1) is 15.0. The summed E-state index contributed by atoms with van der Waals surface area (Å²) in [5.41, 5.74) is 3.16. The summed E-state index contributed by atoms with van der Waals surface area (Å²) in [5.74, 6) is 0.778. The third kappa shape index (κ3) is 3.60. The Labute approximate surface area is 121 Å². The number of likely N-dealkylation sites (tertiary alicyclic amines) is 1. The molecule has 0 aliphatic carbocycles. The van der Waals surface area contributed by atoms with Crippen LogP contribution in [-0.4, -0.2) is 29.0 Å². The Balaban J connectivity index is 2.08. The first-order valence-corrected chi connectivity index (χ1v) is 7.50. The van der Waals surface area contributed by atoms with E-state index in [9.17, 15) is 9.90 Å². The molecule has 1 aliphatic heterocycles.